The molecule has 130 valence electrons. The van der Waals surface area contributed by atoms with Crippen LogP contribution in [0.25, 0.3) is 0 Å². The van der Waals surface area contributed by atoms with E-state index >= 15 is 0 Å². The SMILES string of the molecule is Cc1cc(N)cc(C2CN(C(=O)c3cnc(C4CC4)nc3)CCO2)n1. The van der Waals surface area contributed by atoms with Crippen LogP contribution in [0, 0.1) is 6.92 Å². The zero-order valence-corrected chi connectivity index (χ0v) is 14.2. The number of amides is 1. The third kappa shape index (κ3) is 3.46. The average molecular weight is 339 g/mol. The summed E-state index contributed by atoms with van der Waals surface area (Å²) in [6.45, 7) is 3.34. The van der Waals surface area contributed by atoms with Crippen LogP contribution in [0.5, 0.6) is 0 Å². The molecule has 2 aliphatic rings. The summed E-state index contributed by atoms with van der Waals surface area (Å²) < 4.78 is 5.81. The molecule has 25 heavy (non-hydrogen) atoms. The molecule has 1 amide bonds. The smallest absolute Gasteiger partial charge is 0.257 e. The highest BCUT2D eigenvalue weighted by atomic mass is 16.5. The molecule has 1 unspecified atom stereocenters. The second-order valence-electron chi connectivity index (χ2n) is 6.68. The Morgan fingerprint density at radius 3 is 2.72 bits per heavy atom. The monoisotopic (exact) mass is 339 g/mol. The van der Waals surface area contributed by atoms with Gasteiger partial charge in [0, 0.05) is 36.2 Å². The van der Waals surface area contributed by atoms with Gasteiger partial charge in [-0.25, -0.2) is 9.97 Å². The van der Waals surface area contributed by atoms with Crippen LogP contribution in [0.3, 0.4) is 0 Å². The average Bonchev–Trinajstić information content (AvgIpc) is 3.46. The number of aromatic nitrogens is 3. The van der Waals surface area contributed by atoms with E-state index in [0.717, 1.165) is 30.1 Å². The lowest BCUT2D eigenvalue weighted by molar-refractivity contribution is -0.0247. The Bertz CT molecular complexity index is 768. The topological polar surface area (TPSA) is 94.2 Å². The van der Waals surface area contributed by atoms with Gasteiger partial charge in [-0.15, -0.1) is 0 Å². The predicted molar refractivity (Wildman–Crippen MR) is 92.0 cm³/mol. The van der Waals surface area contributed by atoms with Gasteiger partial charge in [-0.2, -0.15) is 0 Å². The zero-order valence-electron chi connectivity index (χ0n) is 14.2. The lowest BCUT2D eigenvalue weighted by Gasteiger charge is -2.32. The first-order chi connectivity index (χ1) is 12.1. The van der Waals surface area contributed by atoms with Crippen LogP contribution in [-0.4, -0.2) is 45.5 Å². The van der Waals surface area contributed by atoms with E-state index in [9.17, 15) is 4.79 Å². The molecular weight excluding hydrogens is 318 g/mol. The number of pyridine rings is 1. The van der Waals surface area contributed by atoms with Gasteiger partial charge >= 0.3 is 0 Å². The van der Waals surface area contributed by atoms with Crippen molar-refractivity contribution in [2.24, 2.45) is 0 Å². The molecule has 1 aliphatic heterocycles. The number of carbonyl (C=O) groups excluding carboxylic acids is 1. The number of carbonyl (C=O) groups is 1. The highest BCUT2D eigenvalue weighted by molar-refractivity contribution is 5.93. The van der Waals surface area contributed by atoms with E-state index in [4.69, 9.17) is 10.5 Å². The first-order valence-electron chi connectivity index (χ1n) is 8.57. The summed E-state index contributed by atoms with van der Waals surface area (Å²) in [6.07, 6.45) is 5.29. The Kier molecular flexibility index (Phi) is 4.09. The van der Waals surface area contributed by atoms with Crippen molar-refractivity contribution in [2.45, 2.75) is 31.8 Å². The molecular formula is C18H21N5O2. The number of ether oxygens (including phenoxy) is 1. The van der Waals surface area contributed by atoms with E-state index in [1.807, 2.05) is 13.0 Å². The van der Waals surface area contributed by atoms with Crippen LogP contribution >= 0.6 is 0 Å². The summed E-state index contributed by atoms with van der Waals surface area (Å²) in [4.78, 5) is 27.7. The highest BCUT2D eigenvalue weighted by Crippen LogP contribution is 2.37. The highest BCUT2D eigenvalue weighted by Gasteiger charge is 2.29. The van der Waals surface area contributed by atoms with Crippen LogP contribution < -0.4 is 5.73 Å². The molecule has 2 aromatic rings. The summed E-state index contributed by atoms with van der Waals surface area (Å²) >= 11 is 0. The van der Waals surface area contributed by atoms with E-state index in [1.54, 1.807) is 23.4 Å². The standard InChI is InChI=1S/C18H21N5O2/c1-11-6-14(19)7-15(22-11)16-10-23(4-5-25-16)18(24)13-8-20-17(21-9-13)12-2-3-12/h6-9,12,16H,2-5,10H2,1H3,(H2,19,22). The van der Waals surface area contributed by atoms with Crippen LogP contribution in [-0.2, 0) is 4.74 Å². The minimum absolute atomic E-state index is 0.0729. The molecule has 1 saturated heterocycles. The Hall–Kier alpha value is -2.54. The minimum atomic E-state index is -0.272. The van der Waals surface area contributed by atoms with Crippen molar-refractivity contribution in [1.29, 1.82) is 0 Å². The minimum Gasteiger partial charge on any atom is -0.399 e. The van der Waals surface area contributed by atoms with Gasteiger partial charge in [0.15, 0.2) is 0 Å². The Morgan fingerprint density at radius 1 is 1.28 bits per heavy atom. The number of nitrogens with zero attached hydrogens (tertiary/aromatic N) is 4. The fourth-order valence-electron chi connectivity index (χ4n) is 3.08. The number of nitrogen functional groups attached to an aromatic ring is 1. The lowest BCUT2D eigenvalue weighted by Crippen LogP contribution is -2.42. The van der Waals surface area contributed by atoms with Gasteiger partial charge in [-0.1, -0.05) is 0 Å². The van der Waals surface area contributed by atoms with Gasteiger partial charge in [-0.05, 0) is 31.9 Å². The molecule has 2 N–H and O–H groups in total. The van der Waals surface area contributed by atoms with E-state index in [-0.39, 0.29) is 12.0 Å². The van der Waals surface area contributed by atoms with Crippen molar-refractivity contribution in [3.8, 4) is 0 Å². The first kappa shape index (κ1) is 16.0. The Balaban J connectivity index is 1.49. The van der Waals surface area contributed by atoms with Gasteiger partial charge in [0.25, 0.3) is 5.91 Å². The van der Waals surface area contributed by atoms with Crippen LogP contribution in [0.1, 0.15) is 52.4 Å². The number of hydrogen-bond donors (Lipinski definition) is 1. The number of nitrogens with two attached hydrogens (primary N) is 1. The number of rotatable bonds is 3. The largest absolute Gasteiger partial charge is 0.399 e. The summed E-state index contributed by atoms with van der Waals surface area (Å²) in [5, 5.41) is 0. The Labute approximate surface area is 146 Å². The molecule has 7 nitrogen and oxygen atoms in total. The molecule has 1 atom stereocenters. The molecule has 0 radical (unpaired) electrons. The van der Waals surface area contributed by atoms with Gasteiger partial charge < -0.3 is 15.4 Å². The van der Waals surface area contributed by atoms with E-state index < -0.39 is 0 Å². The summed E-state index contributed by atoms with van der Waals surface area (Å²) in [7, 11) is 0. The van der Waals surface area contributed by atoms with Gasteiger partial charge in [0.1, 0.15) is 11.9 Å². The van der Waals surface area contributed by atoms with Crippen molar-refractivity contribution in [3.05, 3.63) is 47.3 Å². The zero-order chi connectivity index (χ0) is 17.4. The third-order valence-corrected chi connectivity index (χ3v) is 4.54. The maximum atomic E-state index is 12.8. The molecule has 1 saturated carbocycles. The molecule has 3 heterocycles. The van der Waals surface area contributed by atoms with Gasteiger partial charge in [0.2, 0.25) is 0 Å². The first-order valence-corrected chi connectivity index (χ1v) is 8.57. The second kappa shape index (κ2) is 6.40. The van der Waals surface area contributed by atoms with Crippen molar-refractivity contribution < 1.29 is 9.53 Å². The molecule has 0 aromatic carbocycles. The maximum Gasteiger partial charge on any atom is 0.257 e. The van der Waals surface area contributed by atoms with E-state index in [0.29, 0.717) is 36.9 Å². The summed E-state index contributed by atoms with van der Waals surface area (Å²) in [5.41, 5.74) is 8.67. The maximum absolute atomic E-state index is 12.8. The number of hydrogen-bond acceptors (Lipinski definition) is 6. The third-order valence-electron chi connectivity index (χ3n) is 4.54. The van der Waals surface area contributed by atoms with Crippen molar-refractivity contribution in [1.82, 2.24) is 19.9 Å². The van der Waals surface area contributed by atoms with Crippen molar-refractivity contribution in [2.75, 3.05) is 25.4 Å². The number of morpholine rings is 1. The predicted octanol–water partition coefficient (Wildman–Crippen LogP) is 1.85. The molecule has 2 fully saturated rings. The van der Waals surface area contributed by atoms with E-state index in [1.165, 1.54) is 0 Å². The molecule has 7 heteroatoms. The summed E-state index contributed by atoms with van der Waals surface area (Å²) in [6, 6.07) is 3.62. The summed E-state index contributed by atoms with van der Waals surface area (Å²) in [5.74, 6) is 1.25. The molecule has 0 spiro atoms. The molecule has 2 aromatic heterocycles. The fourth-order valence-corrected chi connectivity index (χ4v) is 3.08. The van der Waals surface area contributed by atoms with Gasteiger partial charge in [0.05, 0.1) is 24.4 Å². The van der Waals surface area contributed by atoms with Crippen LogP contribution in [0.15, 0.2) is 24.5 Å². The van der Waals surface area contributed by atoms with Crippen molar-refractivity contribution in [3.63, 3.8) is 0 Å². The van der Waals surface area contributed by atoms with Crippen molar-refractivity contribution >= 4 is 11.6 Å². The van der Waals surface area contributed by atoms with Crippen LogP contribution in [0.2, 0.25) is 0 Å². The number of anilines is 1. The molecule has 4 rings (SSSR count). The number of aryl methyl sites for hydroxylation is 1. The quantitative estimate of drug-likeness (QED) is 0.917. The van der Waals surface area contributed by atoms with Gasteiger partial charge in [-0.3, -0.25) is 9.78 Å². The molecule has 0 bridgehead atoms. The molecule has 1 aliphatic carbocycles. The van der Waals surface area contributed by atoms with Crippen LogP contribution in [0.4, 0.5) is 5.69 Å². The van der Waals surface area contributed by atoms with E-state index in [2.05, 4.69) is 15.0 Å². The Morgan fingerprint density at radius 2 is 2.04 bits per heavy atom. The normalized spacial score (nSPS) is 20.5. The lowest BCUT2D eigenvalue weighted by atomic mass is 10.1. The fraction of sp³-hybridized carbons (Fsp3) is 0.444. The second-order valence-corrected chi connectivity index (χ2v) is 6.68.